The molecule has 0 saturated heterocycles. The average Bonchev–Trinajstić information content (AvgIpc) is 2.84. The molecule has 0 fully saturated rings. The number of nitrogens with zero attached hydrogens (tertiary/aromatic N) is 2. The molecule has 0 unspecified atom stereocenters. The quantitative estimate of drug-likeness (QED) is 0.773. The van der Waals surface area contributed by atoms with Crippen LogP contribution in [0.2, 0.25) is 5.02 Å². The molecule has 3 N–H and O–H groups in total. The van der Waals surface area contributed by atoms with Crippen molar-refractivity contribution in [1.82, 2.24) is 9.97 Å². The molecule has 0 saturated carbocycles. The summed E-state index contributed by atoms with van der Waals surface area (Å²) in [5, 5.41) is 6.88. The Morgan fingerprint density at radius 3 is 2.80 bits per heavy atom. The molecule has 3 rings (SSSR count). The molecular weight excluding hydrogens is 292 g/mol. The number of nitrogen functional groups attached to an aromatic ring is 1. The standard InChI is InChI=1S/C14H13ClN4S/c15-10-3-1-9(2-4-10)5-6-17-13-12-11(16)7-20-14(12)19-8-18-13/h1-4,7-8H,5-6,16H2,(H,17,18,19). The maximum absolute atomic E-state index is 5.95. The van der Waals surface area contributed by atoms with E-state index in [1.807, 2.05) is 29.6 Å². The Labute approximate surface area is 125 Å². The maximum atomic E-state index is 5.95. The highest BCUT2D eigenvalue weighted by molar-refractivity contribution is 7.17. The Hall–Kier alpha value is -1.85. The number of benzene rings is 1. The second kappa shape index (κ2) is 5.64. The molecular formula is C14H13ClN4S. The lowest BCUT2D eigenvalue weighted by Crippen LogP contribution is -2.07. The van der Waals surface area contributed by atoms with E-state index in [2.05, 4.69) is 15.3 Å². The van der Waals surface area contributed by atoms with Gasteiger partial charge in [0, 0.05) is 16.9 Å². The van der Waals surface area contributed by atoms with Gasteiger partial charge < -0.3 is 11.1 Å². The van der Waals surface area contributed by atoms with Crippen molar-refractivity contribution in [3.63, 3.8) is 0 Å². The van der Waals surface area contributed by atoms with Crippen LogP contribution in [0.1, 0.15) is 5.56 Å². The third kappa shape index (κ3) is 2.69. The van der Waals surface area contributed by atoms with E-state index in [-0.39, 0.29) is 0 Å². The van der Waals surface area contributed by atoms with E-state index in [0.29, 0.717) is 0 Å². The third-order valence-electron chi connectivity index (χ3n) is 3.02. The van der Waals surface area contributed by atoms with E-state index in [4.69, 9.17) is 17.3 Å². The average molecular weight is 305 g/mol. The number of rotatable bonds is 4. The van der Waals surface area contributed by atoms with Crippen molar-refractivity contribution in [3.05, 3.63) is 46.6 Å². The number of fused-ring (bicyclic) bond motifs is 1. The highest BCUT2D eigenvalue weighted by Gasteiger charge is 2.08. The Kier molecular flexibility index (Phi) is 3.71. The van der Waals surface area contributed by atoms with Crippen molar-refractivity contribution in [2.24, 2.45) is 0 Å². The monoisotopic (exact) mass is 304 g/mol. The molecule has 3 aromatic rings. The van der Waals surface area contributed by atoms with Crippen molar-refractivity contribution in [2.75, 3.05) is 17.6 Å². The predicted molar refractivity (Wildman–Crippen MR) is 85.5 cm³/mol. The summed E-state index contributed by atoms with van der Waals surface area (Å²) in [7, 11) is 0. The highest BCUT2D eigenvalue weighted by atomic mass is 35.5. The summed E-state index contributed by atoms with van der Waals surface area (Å²) in [5.74, 6) is 0.794. The van der Waals surface area contributed by atoms with Crippen LogP contribution in [0.4, 0.5) is 11.5 Å². The van der Waals surface area contributed by atoms with Crippen molar-refractivity contribution in [3.8, 4) is 0 Å². The first-order valence-corrected chi connectivity index (χ1v) is 7.46. The first kappa shape index (κ1) is 13.1. The summed E-state index contributed by atoms with van der Waals surface area (Å²) in [6.45, 7) is 0.781. The Bertz CT molecular complexity index is 724. The Morgan fingerprint density at radius 2 is 2.00 bits per heavy atom. The van der Waals surface area contributed by atoms with Gasteiger partial charge in [-0.2, -0.15) is 0 Å². The van der Waals surface area contributed by atoms with Crippen molar-refractivity contribution in [2.45, 2.75) is 6.42 Å². The molecule has 0 atom stereocenters. The highest BCUT2D eigenvalue weighted by Crippen LogP contribution is 2.30. The smallest absolute Gasteiger partial charge is 0.140 e. The van der Waals surface area contributed by atoms with Crippen LogP contribution in [-0.2, 0) is 6.42 Å². The first-order chi connectivity index (χ1) is 9.74. The second-order valence-electron chi connectivity index (χ2n) is 4.40. The fourth-order valence-electron chi connectivity index (χ4n) is 2.01. The van der Waals surface area contributed by atoms with Crippen molar-refractivity contribution >= 4 is 44.7 Å². The van der Waals surface area contributed by atoms with Crippen LogP contribution in [0.15, 0.2) is 36.0 Å². The summed E-state index contributed by atoms with van der Waals surface area (Å²) in [4.78, 5) is 9.39. The molecule has 1 aromatic carbocycles. The minimum Gasteiger partial charge on any atom is -0.397 e. The van der Waals surface area contributed by atoms with Gasteiger partial charge in [0.25, 0.3) is 0 Å². The van der Waals surface area contributed by atoms with Gasteiger partial charge in [-0.1, -0.05) is 23.7 Å². The number of thiophene rings is 1. The van der Waals surface area contributed by atoms with Gasteiger partial charge in [-0.15, -0.1) is 11.3 Å². The van der Waals surface area contributed by atoms with Crippen LogP contribution < -0.4 is 11.1 Å². The summed E-state index contributed by atoms with van der Waals surface area (Å²) in [5.41, 5.74) is 7.90. The molecule has 4 nitrogen and oxygen atoms in total. The molecule has 102 valence electrons. The number of anilines is 2. The summed E-state index contributed by atoms with van der Waals surface area (Å²) in [6, 6.07) is 7.85. The van der Waals surface area contributed by atoms with E-state index >= 15 is 0 Å². The van der Waals surface area contributed by atoms with Gasteiger partial charge in [0.2, 0.25) is 0 Å². The Morgan fingerprint density at radius 1 is 1.20 bits per heavy atom. The normalized spacial score (nSPS) is 10.8. The fraction of sp³-hybridized carbons (Fsp3) is 0.143. The molecule has 6 heteroatoms. The second-order valence-corrected chi connectivity index (χ2v) is 5.69. The molecule has 2 heterocycles. The lowest BCUT2D eigenvalue weighted by atomic mass is 10.1. The molecule has 0 bridgehead atoms. The summed E-state index contributed by atoms with van der Waals surface area (Å²) >= 11 is 7.40. The van der Waals surface area contributed by atoms with Gasteiger partial charge in [0.1, 0.15) is 17.0 Å². The fourth-order valence-corrected chi connectivity index (χ4v) is 2.93. The van der Waals surface area contributed by atoms with Gasteiger partial charge in [-0.25, -0.2) is 9.97 Å². The topological polar surface area (TPSA) is 63.8 Å². The number of hydrogen-bond acceptors (Lipinski definition) is 5. The van der Waals surface area contributed by atoms with Gasteiger partial charge in [0.15, 0.2) is 0 Å². The number of hydrogen-bond donors (Lipinski definition) is 2. The molecule has 20 heavy (non-hydrogen) atoms. The Balaban J connectivity index is 1.71. The third-order valence-corrected chi connectivity index (χ3v) is 4.17. The molecule has 0 aliphatic heterocycles. The number of nitrogens with one attached hydrogen (secondary N) is 1. The predicted octanol–water partition coefficient (Wildman–Crippen LogP) is 3.58. The number of nitrogens with two attached hydrogens (primary N) is 1. The van der Waals surface area contributed by atoms with Crippen molar-refractivity contribution in [1.29, 1.82) is 0 Å². The number of halogens is 1. The van der Waals surface area contributed by atoms with Crippen LogP contribution in [0.25, 0.3) is 10.2 Å². The summed E-state index contributed by atoms with van der Waals surface area (Å²) < 4.78 is 0. The molecule has 0 amide bonds. The van der Waals surface area contributed by atoms with Gasteiger partial charge in [-0.05, 0) is 24.1 Å². The van der Waals surface area contributed by atoms with E-state index < -0.39 is 0 Å². The van der Waals surface area contributed by atoms with E-state index in [1.165, 1.54) is 16.9 Å². The molecule has 0 radical (unpaired) electrons. The molecule has 0 spiro atoms. The SMILES string of the molecule is Nc1csc2ncnc(NCCc3ccc(Cl)cc3)c12. The lowest BCUT2D eigenvalue weighted by Gasteiger charge is -2.07. The van der Waals surface area contributed by atoms with E-state index in [9.17, 15) is 0 Å². The van der Waals surface area contributed by atoms with Crippen LogP contribution in [0.3, 0.4) is 0 Å². The van der Waals surface area contributed by atoms with Gasteiger partial charge >= 0.3 is 0 Å². The minimum absolute atomic E-state index is 0.722. The minimum atomic E-state index is 0.722. The zero-order chi connectivity index (χ0) is 13.9. The number of aromatic nitrogens is 2. The van der Waals surface area contributed by atoms with E-state index in [1.54, 1.807) is 6.33 Å². The van der Waals surface area contributed by atoms with Crippen LogP contribution in [0, 0.1) is 0 Å². The zero-order valence-electron chi connectivity index (χ0n) is 10.6. The first-order valence-electron chi connectivity index (χ1n) is 6.20. The lowest BCUT2D eigenvalue weighted by molar-refractivity contribution is 1.01. The molecule has 0 aliphatic carbocycles. The largest absolute Gasteiger partial charge is 0.397 e. The van der Waals surface area contributed by atoms with Crippen molar-refractivity contribution < 1.29 is 0 Å². The maximum Gasteiger partial charge on any atom is 0.140 e. The van der Waals surface area contributed by atoms with Gasteiger partial charge in [0.05, 0.1) is 11.1 Å². The van der Waals surface area contributed by atoms with Crippen LogP contribution in [0.5, 0.6) is 0 Å². The molecule has 2 aromatic heterocycles. The molecule has 0 aliphatic rings. The zero-order valence-corrected chi connectivity index (χ0v) is 12.2. The van der Waals surface area contributed by atoms with Crippen LogP contribution >= 0.6 is 22.9 Å². The van der Waals surface area contributed by atoms with E-state index in [0.717, 1.165) is 39.7 Å². The summed E-state index contributed by atoms with van der Waals surface area (Å²) in [6.07, 6.45) is 2.45. The van der Waals surface area contributed by atoms with Crippen LogP contribution in [-0.4, -0.2) is 16.5 Å². The van der Waals surface area contributed by atoms with Gasteiger partial charge in [-0.3, -0.25) is 0 Å².